The molecule has 0 atom stereocenters. The highest BCUT2D eigenvalue weighted by atomic mass is 35.5. The first-order valence-corrected chi connectivity index (χ1v) is 10.8. The first-order chi connectivity index (χ1) is 13.4. The molecule has 2 aromatic carbocycles. The summed E-state index contributed by atoms with van der Waals surface area (Å²) in [5.74, 6) is -0.189. The van der Waals surface area contributed by atoms with E-state index in [1.807, 2.05) is 10.8 Å². The molecule has 0 aliphatic rings. The molecule has 144 valence electrons. The molecule has 0 aliphatic heterocycles. The van der Waals surface area contributed by atoms with E-state index in [0.717, 1.165) is 5.41 Å². The number of sulfonamides is 1. The van der Waals surface area contributed by atoms with Crippen LogP contribution >= 0.6 is 22.9 Å². The van der Waals surface area contributed by atoms with Gasteiger partial charge in [0, 0.05) is 10.4 Å². The molecular formula is C19H15ClN2O4S2. The van der Waals surface area contributed by atoms with E-state index in [1.165, 1.54) is 22.8 Å². The van der Waals surface area contributed by atoms with Gasteiger partial charge in [-0.2, -0.15) is 0 Å². The van der Waals surface area contributed by atoms with Crippen molar-refractivity contribution in [2.75, 3.05) is 0 Å². The highest BCUT2D eigenvalue weighted by Crippen LogP contribution is 2.18. The minimum atomic E-state index is -3.94. The molecule has 3 rings (SSSR count). The highest BCUT2D eigenvalue weighted by Gasteiger charge is 2.16. The lowest BCUT2D eigenvalue weighted by atomic mass is 10.2. The Labute approximate surface area is 171 Å². The SMILES string of the molecule is O=C(NS(=O)(=O)/C=C/c1ccccc1)c1csc(COc2ccc(Cl)cc2)n1. The third-order valence-corrected chi connectivity index (χ3v) is 5.47. The van der Waals surface area contributed by atoms with Crippen LogP contribution in [0.5, 0.6) is 5.75 Å². The fourth-order valence-electron chi connectivity index (χ4n) is 2.11. The molecular weight excluding hydrogens is 420 g/mol. The Bertz CT molecular complexity index is 1080. The second kappa shape index (κ2) is 9.01. The zero-order chi connectivity index (χ0) is 20.0. The van der Waals surface area contributed by atoms with Gasteiger partial charge in [-0.15, -0.1) is 11.3 Å². The summed E-state index contributed by atoms with van der Waals surface area (Å²) < 4.78 is 31.6. The molecule has 0 spiro atoms. The lowest BCUT2D eigenvalue weighted by molar-refractivity contribution is 0.0977. The van der Waals surface area contributed by atoms with Gasteiger partial charge in [0.15, 0.2) is 0 Å². The highest BCUT2D eigenvalue weighted by molar-refractivity contribution is 7.93. The van der Waals surface area contributed by atoms with Crippen molar-refractivity contribution < 1.29 is 17.9 Å². The van der Waals surface area contributed by atoms with E-state index >= 15 is 0 Å². The van der Waals surface area contributed by atoms with Crippen molar-refractivity contribution in [1.29, 1.82) is 0 Å². The Kier molecular flexibility index (Phi) is 6.45. The van der Waals surface area contributed by atoms with Crippen molar-refractivity contribution in [2.24, 2.45) is 0 Å². The van der Waals surface area contributed by atoms with Crippen LogP contribution in [0.2, 0.25) is 5.02 Å². The number of aromatic nitrogens is 1. The standard InChI is InChI=1S/C19H15ClN2O4S2/c20-15-6-8-16(9-7-15)26-12-18-21-17(13-27-18)19(23)22-28(24,25)11-10-14-4-2-1-3-5-14/h1-11,13H,12H2,(H,22,23)/b11-10+. The number of thiazole rings is 1. The Balaban J connectivity index is 1.58. The minimum Gasteiger partial charge on any atom is -0.486 e. The maximum absolute atomic E-state index is 12.2. The number of nitrogens with one attached hydrogen (secondary N) is 1. The van der Waals surface area contributed by atoms with Crippen LogP contribution in [0.15, 0.2) is 65.4 Å². The molecule has 0 aliphatic carbocycles. The molecule has 9 heteroatoms. The molecule has 0 saturated carbocycles. The molecule has 1 aromatic heterocycles. The second-order valence-electron chi connectivity index (χ2n) is 5.56. The van der Waals surface area contributed by atoms with Gasteiger partial charge in [0.1, 0.15) is 23.1 Å². The Hall–Kier alpha value is -2.68. The van der Waals surface area contributed by atoms with Crippen LogP contribution in [-0.4, -0.2) is 19.3 Å². The first kappa shape index (κ1) is 20.1. The fraction of sp³-hybridized carbons (Fsp3) is 0.0526. The minimum absolute atomic E-state index is 0.0105. The molecule has 1 N–H and O–H groups in total. The summed E-state index contributed by atoms with van der Waals surface area (Å²) in [4.78, 5) is 16.3. The third-order valence-electron chi connectivity index (χ3n) is 3.43. The van der Waals surface area contributed by atoms with Gasteiger partial charge in [-0.3, -0.25) is 4.79 Å². The van der Waals surface area contributed by atoms with Crippen molar-refractivity contribution in [3.05, 3.63) is 86.7 Å². The molecule has 0 fully saturated rings. The third kappa shape index (κ3) is 5.91. The van der Waals surface area contributed by atoms with Gasteiger partial charge < -0.3 is 4.74 Å². The van der Waals surface area contributed by atoms with Crippen LogP contribution < -0.4 is 9.46 Å². The van der Waals surface area contributed by atoms with Crippen molar-refractivity contribution in [2.45, 2.75) is 6.61 Å². The van der Waals surface area contributed by atoms with E-state index in [4.69, 9.17) is 16.3 Å². The van der Waals surface area contributed by atoms with E-state index in [9.17, 15) is 13.2 Å². The summed E-state index contributed by atoms with van der Waals surface area (Å²) >= 11 is 7.01. The van der Waals surface area contributed by atoms with E-state index < -0.39 is 15.9 Å². The van der Waals surface area contributed by atoms with Crippen LogP contribution in [0.1, 0.15) is 21.1 Å². The van der Waals surface area contributed by atoms with Crippen molar-refractivity contribution in [3.63, 3.8) is 0 Å². The number of rotatable bonds is 7. The summed E-state index contributed by atoms with van der Waals surface area (Å²) in [6.45, 7) is 0.153. The van der Waals surface area contributed by atoms with Crippen LogP contribution in [0.4, 0.5) is 0 Å². The van der Waals surface area contributed by atoms with Gasteiger partial charge in [-0.05, 0) is 35.9 Å². The van der Waals surface area contributed by atoms with Gasteiger partial charge in [-0.25, -0.2) is 18.1 Å². The molecule has 0 radical (unpaired) electrons. The van der Waals surface area contributed by atoms with Crippen molar-refractivity contribution >= 4 is 44.9 Å². The zero-order valence-electron chi connectivity index (χ0n) is 14.4. The van der Waals surface area contributed by atoms with Gasteiger partial charge >= 0.3 is 0 Å². The fourth-order valence-corrected chi connectivity index (χ4v) is 3.68. The monoisotopic (exact) mass is 434 g/mol. The number of hydrogen-bond donors (Lipinski definition) is 1. The maximum Gasteiger partial charge on any atom is 0.284 e. The average Bonchev–Trinajstić information content (AvgIpc) is 3.16. The first-order valence-electron chi connectivity index (χ1n) is 8.04. The van der Waals surface area contributed by atoms with E-state index in [-0.39, 0.29) is 12.3 Å². The number of hydrogen-bond acceptors (Lipinski definition) is 6. The summed E-state index contributed by atoms with van der Waals surface area (Å²) in [6, 6.07) is 15.7. The molecule has 3 aromatic rings. The van der Waals surface area contributed by atoms with Crippen LogP contribution in [0.3, 0.4) is 0 Å². The second-order valence-corrected chi connectivity index (χ2v) is 8.50. The van der Waals surface area contributed by atoms with Gasteiger partial charge in [0.2, 0.25) is 0 Å². The van der Waals surface area contributed by atoms with Gasteiger partial charge in [0.25, 0.3) is 15.9 Å². The Morgan fingerprint density at radius 3 is 2.57 bits per heavy atom. The van der Waals surface area contributed by atoms with E-state index in [2.05, 4.69) is 4.98 Å². The topological polar surface area (TPSA) is 85.4 Å². The lowest BCUT2D eigenvalue weighted by Gasteiger charge is -2.03. The molecule has 0 bridgehead atoms. The normalized spacial score (nSPS) is 11.5. The van der Waals surface area contributed by atoms with Gasteiger partial charge in [-0.1, -0.05) is 41.9 Å². The number of halogens is 1. The Morgan fingerprint density at radius 1 is 1.14 bits per heavy atom. The van der Waals surface area contributed by atoms with Crippen molar-refractivity contribution in [1.82, 2.24) is 9.71 Å². The maximum atomic E-state index is 12.2. The average molecular weight is 435 g/mol. The number of ether oxygens (including phenoxy) is 1. The largest absolute Gasteiger partial charge is 0.486 e. The summed E-state index contributed by atoms with van der Waals surface area (Å²) in [5, 5.41) is 3.56. The molecule has 0 unspecified atom stereocenters. The summed E-state index contributed by atoms with van der Waals surface area (Å²) in [6.07, 6.45) is 1.40. The number of amides is 1. The lowest BCUT2D eigenvalue weighted by Crippen LogP contribution is -2.29. The zero-order valence-corrected chi connectivity index (χ0v) is 16.8. The van der Waals surface area contributed by atoms with Crippen LogP contribution in [0.25, 0.3) is 6.08 Å². The van der Waals surface area contributed by atoms with Crippen LogP contribution in [0, 0.1) is 0 Å². The molecule has 6 nitrogen and oxygen atoms in total. The predicted octanol–water partition coefficient (Wildman–Crippen LogP) is 4.11. The number of carbonyl (C=O) groups excluding carboxylic acids is 1. The summed E-state index contributed by atoms with van der Waals surface area (Å²) in [7, 11) is -3.94. The molecule has 0 saturated heterocycles. The number of nitrogens with zero attached hydrogens (tertiary/aromatic N) is 1. The smallest absolute Gasteiger partial charge is 0.284 e. The number of benzene rings is 2. The quantitative estimate of drug-likeness (QED) is 0.604. The van der Waals surface area contributed by atoms with E-state index in [0.29, 0.717) is 21.3 Å². The number of carbonyl (C=O) groups is 1. The molecule has 28 heavy (non-hydrogen) atoms. The van der Waals surface area contributed by atoms with Gasteiger partial charge in [0.05, 0.1) is 5.41 Å². The summed E-state index contributed by atoms with van der Waals surface area (Å²) in [5.41, 5.74) is 0.715. The van der Waals surface area contributed by atoms with E-state index in [1.54, 1.807) is 48.5 Å². The predicted molar refractivity (Wildman–Crippen MR) is 110 cm³/mol. The molecule has 1 amide bonds. The van der Waals surface area contributed by atoms with Crippen LogP contribution in [-0.2, 0) is 16.6 Å². The van der Waals surface area contributed by atoms with Crippen molar-refractivity contribution in [3.8, 4) is 5.75 Å². The molecule has 1 heterocycles. The Morgan fingerprint density at radius 2 is 1.86 bits per heavy atom.